The van der Waals surface area contributed by atoms with Gasteiger partial charge in [-0.25, -0.2) is 0 Å². The predicted molar refractivity (Wildman–Crippen MR) is 74.9 cm³/mol. The van der Waals surface area contributed by atoms with Crippen molar-refractivity contribution in [1.29, 1.82) is 0 Å². The van der Waals surface area contributed by atoms with Crippen molar-refractivity contribution in [3.8, 4) is 0 Å². The fourth-order valence-electron chi connectivity index (χ4n) is 1.96. The summed E-state index contributed by atoms with van der Waals surface area (Å²) in [5, 5.41) is 2.94. The minimum absolute atomic E-state index is 0.0287. The van der Waals surface area contributed by atoms with E-state index in [4.69, 9.17) is 16.3 Å². The monoisotopic (exact) mass is 301 g/mol. The minimum Gasteiger partial charge on any atom is -0.381 e. The van der Waals surface area contributed by atoms with Crippen molar-refractivity contribution < 1.29 is 14.3 Å². The lowest BCUT2D eigenvalue weighted by Gasteiger charge is -2.22. The summed E-state index contributed by atoms with van der Waals surface area (Å²) in [6.07, 6.45) is 2.15. The maximum atomic E-state index is 11.8. The lowest BCUT2D eigenvalue weighted by Crippen LogP contribution is -2.38. The van der Waals surface area contributed by atoms with Crippen LogP contribution in [0.4, 0.5) is 0 Å². The van der Waals surface area contributed by atoms with Crippen molar-refractivity contribution >= 4 is 34.6 Å². The van der Waals surface area contributed by atoms with Crippen LogP contribution in [0.25, 0.3) is 0 Å². The highest BCUT2D eigenvalue weighted by Gasteiger charge is 2.17. The molecule has 6 heteroatoms. The summed E-state index contributed by atoms with van der Waals surface area (Å²) in [5.41, 5.74) is 0. The molecule has 1 aromatic heterocycles. The van der Waals surface area contributed by atoms with Crippen LogP contribution in [-0.2, 0) is 9.53 Å². The minimum atomic E-state index is -0.0668. The Morgan fingerprint density at radius 2 is 2.05 bits per heavy atom. The molecular formula is C13H16ClNO3S. The molecule has 1 N–H and O–H groups in total. The summed E-state index contributed by atoms with van der Waals surface area (Å²) < 4.78 is 5.82. The van der Waals surface area contributed by atoms with E-state index in [1.54, 1.807) is 12.1 Å². The molecule has 1 aliphatic rings. The molecule has 0 aromatic carbocycles. The average molecular weight is 302 g/mol. The summed E-state index contributed by atoms with van der Waals surface area (Å²) in [6.45, 7) is 1.38. The van der Waals surface area contributed by atoms with Gasteiger partial charge in [-0.2, -0.15) is 0 Å². The zero-order chi connectivity index (χ0) is 13.7. The number of thiophene rings is 1. The van der Waals surface area contributed by atoms with E-state index in [1.165, 1.54) is 11.3 Å². The summed E-state index contributed by atoms with van der Waals surface area (Å²) in [5.74, 6) is -0.0954. The van der Waals surface area contributed by atoms with Crippen LogP contribution in [0.15, 0.2) is 12.1 Å². The summed E-state index contributed by atoms with van der Waals surface area (Å²) in [4.78, 5) is 24.1. The van der Waals surface area contributed by atoms with E-state index in [0.717, 1.165) is 12.8 Å². The molecule has 2 heterocycles. The molecule has 0 radical (unpaired) electrons. The first-order chi connectivity index (χ1) is 9.15. The van der Waals surface area contributed by atoms with Crippen molar-refractivity contribution in [3.05, 3.63) is 21.3 Å². The molecule has 1 amide bonds. The van der Waals surface area contributed by atoms with Gasteiger partial charge in [-0.15, -0.1) is 11.3 Å². The summed E-state index contributed by atoms with van der Waals surface area (Å²) >= 11 is 7.02. The number of rotatable bonds is 5. The van der Waals surface area contributed by atoms with Crippen LogP contribution in [0, 0.1) is 0 Å². The standard InChI is InChI=1S/C13H16ClNO3S/c14-12-3-2-11(19-12)10(16)1-4-13(17)15-9-5-7-18-8-6-9/h2-3,9H,1,4-8H2,(H,15,17). The molecule has 19 heavy (non-hydrogen) atoms. The van der Waals surface area contributed by atoms with Gasteiger partial charge >= 0.3 is 0 Å². The van der Waals surface area contributed by atoms with Gasteiger partial charge in [-0.1, -0.05) is 11.6 Å². The van der Waals surface area contributed by atoms with Crippen LogP contribution >= 0.6 is 22.9 Å². The van der Waals surface area contributed by atoms with Gasteiger partial charge in [0.15, 0.2) is 5.78 Å². The first-order valence-electron chi connectivity index (χ1n) is 6.31. The summed E-state index contributed by atoms with van der Waals surface area (Å²) in [7, 11) is 0. The van der Waals surface area contributed by atoms with Crippen LogP contribution in [0.2, 0.25) is 4.34 Å². The zero-order valence-corrected chi connectivity index (χ0v) is 12.1. The quantitative estimate of drug-likeness (QED) is 0.851. The topological polar surface area (TPSA) is 55.4 Å². The van der Waals surface area contributed by atoms with E-state index in [1.807, 2.05) is 0 Å². The van der Waals surface area contributed by atoms with Gasteiger partial charge in [0.1, 0.15) is 0 Å². The number of ketones is 1. The van der Waals surface area contributed by atoms with Gasteiger partial charge in [-0.05, 0) is 25.0 Å². The third-order valence-electron chi connectivity index (χ3n) is 3.01. The lowest BCUT2D eigenvalue weighted by atomic mass is 10.1. The third-order valence-corrected chi connectivity index (χ3v) is 4.29. The SMILES string of the molecule is O=C(CCC(=O)c1ccc(Cl)s1)NC1CCOCC1. The van der Waals surface area contributed by atoms with Crippen LogP contribution in [0.1, 0.15) is 35.4 Å². The molecule has 0 saturated carbocycles. The Hall–Kier alpha value is -0.910. The first-order valence-corrected chi connectivity index (χ1v) is 7.50. The highest BCUT2D eigenvalue weighted by molar-refractivity contribution is 7.18. The Bertz CT molecular complexity index is 454. The van der Waals surface area contributed by atoms with E-state index in [2.05, 4.69) is 5.32 Å². The molecule has 2 rings (SSSR count). The molecule has 1 saturated heterocycles. The van der Waals surface area contributed by atoms with Gasteiger partial charge in [0.05, 0.1) is 9.21 Å². The number of halogens is 1. The van der Waals surface area contributed by atoms with Gasteiger partial charge in [0.2, 0.25) is 5.91 Å². The number of carbonyl (C=O) groups is 2. The molecular weight excluding hydrogens is 286 g/mol. The van der Waals surface area contributed by atoms with Crippen molar-refractivity contribution in [2.24, 2.45) is 0 Å². The van der Waals surface area contributed by atoms with Crippen molar-refractivity contribution in [2.45, 2.75) is 31.7 Å². The number of Topliss-reactive ketones (excluding diaryl/α,β-unsaturated/α-hetero) is 1. The molecule has 0 bridgehead atoms. The Labute approximate surface area is 121 Å². The first kappa shape index (κ1) is 14.5. The number of ether oxygens (including phenoxy) is 1. The molecule has 0 spiro atoms. The van der Waals surface area contributed by atoms with Gasteiger partial charge in [-0.3, -0.25) is 9.59 Å². The number of hydrogen-bond donors (Lipinski definition) is 1. The number of hydrogen-bond acceptors (Lipinski definition) is 4. The van der Waals surface area contributed by atoms with E-state index >= 15 is 0 Å². The van der Waals surface area contributed by atoms with Crippen LogP contribution in [0.3, 0.4) is 0 Å². The lowest BCUT2D eigenvalue weighted by molar-refractivity contribution is -0.122. The van der Waals surface area contributed by atoms with Crippen molar-refractivity contribution in [2.75, 3.05) is 13.2 Å². The number of carbonyl (C=O) groups excluding carboxylic acids is 2. The second kappa shape index (κ2) is 7.03. The summed E-state index contributed by atoms with van der Waals surface area (Å²) in [6, 6.07) is 3.58. The Morgan fingerprint density at radius 3 is 2.68 bits per heavy atom. The highest BCUT2D eigenvalue weighted by atomic mass is 35.5. The predicted octanol–water partition coefficient (Wildman–Crippen LogP) is 2.66. The smallest absolute Gasteiger partial charge is 0.220 e. The van der Waals surface area contributed by atoms with E-state index in [0.29, 0.717) is 22.4 Å². The largest absolute Gasteiger partial charge is 0.381 e. The average Bonchev–Trinajstić information content (AvgIpc) is 2.84. The molecule has 1 aliphatic heterocycles. The molecule has 0 aliphatic carbocycles. The van der Waals surface area contributed by atoms with Crippen LogP contribution < -0.4 is 5.32 Å². The molecule has 0 unspecified atom stereocenters. The maximum absolute atomic E-state index is 11.8. The second-order valence-electron chi connectivity index (χ2n) is 4.48. The van der Waals surface area contributed by atoms with Crippen LogP contribution in [-0.4, -0.2) is 30.9 Å². The fraction of sp³-hybridized carbons (Fsp3) is 0.538. The van der Waals surface area contributed by atoms with Gasteiger partial charge in [0, 0.05) is 32.1 Å². The van der Waals surface area contributed by atoms with Crippen LogP contribution in [0.5, 0.6) is 0 Å². The van der Waals surface area contributed by atoms with Crippen molar-refractivity contribution in [3.63, 3.8) is 0 Å². The highest BCUT2D eigenvalue weighted by Crippen LogP contribution is 2.22. The van der Waals surface area contributed by atoms with E-state index in [-0.39, 0.29) is 30.6 Å². The Morgan fingerprint density at radius 1 is 1.32 bits per heavy atom. The fourth-order valence-corrected chi connectivity index (χ4v) is 2.97. The number of amides is 1. The normalized spacial score (nSPS) is 16.3. The molecule has 1 fully saturated rings. The molecule has 104 valence electrons. The van der Waals surface area contributed by atoms with Crippen molar-refractivity contribution in [1.82, 2.24) is 5.32 Å². The Balaban J connectivity index is 1.72. The maximum Gasteiger partial charge on any atom is 0.220 e. The number of nitrogens with one attached hydrogen (secondary N) is 1. The second-order valence-corrected chi connectivity index (χ2v) is 6.20. The third kappa shape index (κ3) is 4.60. The Kier molecular flexibility index (Phi) is 5.36. The van der Waals surface area contributed by atoms with Gasteiger partial charge < -0.3 is 10.1 Å². The zero-order valence-electron chi connectivity index (χ0n) is 10.5. The molecule has 4 nitrogen and oxygen atoms in total. The van der Waals surface area contributed by atoms with E-state index < -0.39 is 0 Å². The van der Waals surface area contributed by atoms with Gasteiger partial charge in [0.25, 0.3) is 0 Å². The molecule has 1 aromatic rings. The molecule has 0 atom stereocenters. The van der Waals surface area contributed by atoms with E-state index in [9.17, 15) is 9.59 Å².